The van der Waals surface area contributed by atoms with Crippen molar-refractivity contribution in [2.45, 2.75) is 20.8 Å². The van der Waals surface area contributed by atoms with Gasteiger partial charge in [0.05, 0.1) is 11.3 Å². The number of nitrogens with one attached hydrogen (secondary N) is 1. The molecule has 0 aliphatic carbocycles. The fraction of sp³-hybridized carbons (Fsp3) is 0.100. The van der Waals surface area contributed by atoms with Gasteiger partial charge in [-0.3, -0.25) is 9.79 Å². The molecule has 4 aromatic carbocycles. The lowest BCUT2D eigenvalue weighted by molar-refractivity contribution is 0.0733. The van der Waals surface area contributed by atoms with Gasteiger partial charge in [0.1, 0.15) is 5.75 Å². The molecular weight excluding hydrogens is 436 g/mol. The van der Waals surface area contributed by atoms with E-state index in [0.29, 0.717) is 16.9 Å². The van der Waals surface area contributed by atoms with Gasteiger partial charge in [0.2, 0.25) is 0 Å². The first-order valence-corrected chi connectivity index (χ1v) is 11.3. The zero-order valence-electron chi connectivity index (χ0n) is 19.9. The summed E-state index contributed by atoms with van der Waals surface area (Å²) in [5, 5.41) is 2.98. The average molecular weight is 463 g/mol. The van der Waals surface area contributed by atoms with Crippen LogP contribution in [0.5, 0.6) is 5.75 Å². The maximum atomic E-state index is 12.5. The van der Waals surface area contributed by atoms with E-state index >= 15 is 0 Å². The summed E-state index contributed by atoms with van der Waals surface area (Å²) in [4.78, 5) is 29.5. The van der Waals surface area contributed by atoms with Crippen LogP contribution in [-0.2, 0) is 0 Å². The predicted molar refractivity (Wildman–Crippen MR) is 140 cm³/mol. The van der Waals surface area contributed by atoms with E-state index < -0.39 is 0 Å². The molecule has 0 atom stereocenters. The molecular formula is C30H26N2O3. The van der Waals surface area contributed by atoms with Crippen LogP contribution < -0.4 is 10.1 Å². The van der Waals surface area contributed by atoms with Gasteiger partial charge < -0.3 is 10.1 Å². The molecule has 0 fully saturated rings. The Morgan fingerprint density at radius 1 is 0.743 bits per heavy atom. The van der Waals surface area contributed by atoms with Crippen LogP contribution in [0.1, 0.15) is 43.0 Å². The summed E-state index contributed by atoms with van der Waals surface area (Å²) >= 11 is 0. The molecule has 4 rings (SSSR count). The monoisotopic (exact) mass is 462 g/mol. The predicted octanol–water partition coefficient (Wildman–Crippen LogP) is 6.83. The number of nitrogens with zero attached hydrogens (tertiary/aromatic N) is 1. The second-order valence-corrected chi connectivity index (χ2v) is 8.31. The first kappa shape index (κ1) is 23.6. The maximum Gasteiger partial charge on any atom is 0.343 e. The topological polar surface area (TPSA) is 67.8 Å². The lowest BCUT2D eigenvalue weighted by Gasteiger charge is -2.11. The Bertz CT molecular complexity index is 1390. The highest BCUT2D eigenvalue weighted by molar-refractivity contribution is 6.04. The van der Waals surface area contributed by atoms with Gasteiger partial charge in [0.15, 0.2) is 0 Å². The molecule has 5 heteroatoms. The number of aryl methyl sites for hydroxylation is 3. The fourth-order valence-corrected chi connectivity index (χ4v) is 3.60. The van der Waals surface area contributed by atoms with Gasteiger partial charge in [-0.2, -0.15) is 0 Å². The van der Waals surface area contributed by atoms with Gasteiger partial charge in [-0.25, -0.2) is 4.79 Å². The second kappa shape index (κ2) is 10.6. The molecule has 1 amide bonds. The first-order chi connectivity index (χ1) is 16.9. The molecule has 0 radical (unpaired) electrons. The average Bonchev–Trinajstić information content (AvgIpc) is 2.87. The molecule has 0 aliphatic rings. The molecule has 0 aromatic heterocycles. The smallest absolute Gasteiger partial charge is 0.343 e. The highest BCUT2D eigenvalue weighted by Gasteiger charge is 2.11. The highest BCUT2D eigenvalue weighted by Crippen LogP contribution is 2.27. The van der Waals surface area contributed by atoms with Crippen molar-refractivity contribution < 1.29 is 14.3 Å². The van der Waals surface area contributed by atoms with Crippen molar-refractivity contribution >= 4 is 29.5 Å². The highest BCUT2D eigenvalue weighted by atomic mass is 16.5. The maximum absolute atomic E-state index is 12.5. The number of anilines is 1. The van der Waals surface area contributed by atoms with E-state index in [0.717, 1.165) is 33.6 Å². The Morgan fingerprint density at radius 3 is 2.06 bits per heavy atom. The molecule has 5 nitrogen and oxygen atoms in total. The number of ether oxygens (including phenoxy) is 1. The number of esters is 1. The number of rotatable bonds is 6. The van der Waals surface area contributed by atoms with Crippen molar-refractivity contribution in [1.29, 1.82) is 0 Å². The molecule has 0 unspecified atom stereocenters. The number of benzene rings is 4. The van der Waals surface area contributed by atoms with Crippen molar-refractivity contribution in [3.63, 3.8) is 0 Å². The normalized spacial score (nSPS) is 10.8. The molecule has 35 heavy (non-hydrogen) atoms. The third kappa shape index (κ3) is 5.89. The van der Waals surface area contributed by atoms with Gasteiger partial charge in [-0.1, -0.05) is 36.4 Å². The molecule has 0 aliphatic heterocycles. The van der Waals surface area contributed by atoms with Crippen LogP contribution in [0.3, 0.4) is 0 Å². The third-order valence-electron chi connectivity index (χ3n) is 5.59. The number of amides is 1. The summed E-state index contributed by atoms with van der Waals surface area (Å²) < 4.78 is 5.54. The zero-order valence-corrected chi connectivity index (χ0v) is 19.9. The SMILES string of the molecule is Cc1cc(NC(=O)c2ccccc2)c(C)cc1/N=C/c1ccc(OC(=O)c2ccccc2)c(C)c1. The van der Waals surface area contributed by atoms with Gasteiger partial charge in [-0.05, 0) is 97.6 Å². The summed E-state index contributed by atoms with van der Waals surface area (Å²) in [7, 11) is 0. The van der Waals surface area contributed by atoms with E-state index in [4.69, 9.17) is 4.74 Å². The Balaban J connectivity index is 1.46. The molecule has 1 N–H and O–H groups in total. The van der Waals surface area contributed by atoms with Crippen LogP contribution in [0.15, 0.2) is 96.0 Å². The largest absolute Gasteiger partial charge is 0.423 e. The summed E-state index contributed by atoms with van der Waals surface area (Å²) in [6.45, 7) is 5.80. The summed E-state index contributed by atoms with van der Waals surface area (Å²) in [6.07, 6.45) is 1.78. The van der Waals surface area contributed by atoms with Crippen LogP contribution >= 0.6 is 0 Å². The molecule has 0 heterocycles. The molecule has 174 valence electrons. The minimum atomic E-state index is -0.388. The lowest BCUT2D eigenvalue weighted by atomic mass is 10.1. The number of carbonyl (C=O) groups excluding carboxylic acids is 2. The number of hydrogen-bond donors (Lipinski definition) is 1. The zero-order chi connectivity index (χ0) is 24.8. The minimum absolute atomic E-state index is 0.145. The van der Waals surface area contributed by atoms with Gasteiger partial charge in [-0.15, -0.1) is 0 Å². The first-order valence-electron chi connectivity index (χ1n) is 11.3. The van der Waals surface area contributed by atoms with Crippen LogP contribution in [0.25, 0.3) is 0 Å². The third-order valence-corrected chi connectivity index (χ3v) is 5.59. The molecule has 0 spiro atoms. The van der Waals surface area contributed by atoms with Crippen molar-refractivity contribution in [2.24, 2.45) is 4.99 Å². The van der Waals surface area contributed by atoms with Crippen LogP contribution in [0.4, 0.5) is 11.4 Å². The van der Waals surface area contributed by atoms with Crippen LogP contribution in [0, 0.1) is 20.8 Å². The molecule has 0 bridgehead atoms. The number of hydrogen-bond acceptors (Lipinski definition) is 4. The minimum Gasteiger partial charge on any atom is -0.423 e. The van der Waals surface area contributed by atoms with Crippen molar-refractivity contribution in [1.82, 2.24) is 0 Å². The van der Waals surface area contributed by atoms with Gasteiger partial charge >= 0.3 is 5.97 Å². The fourth-order valence-electron chi connectivity index (χ4n) is 3.60. The number of carbonyl (C=O) groups is 2. The van der Waals surface area contributed by atoms with E-state index in [2.05, 4.69) is 10.3 Å². The van der Waals surface area contributed by atoms with E-state index in [9.17, 15) is 9.59 Å². The summed E-state index contributed by atoms with van der Waals surface area (Å²) in [5.74, 6) is -0.0184. The van der Waals surface area contributed by atoms with Crippen molar-refractivity contribution in [3.8, 4) is 5.75 Å². The number of aliphatic imine (C=N–C) groups is 1. The van der Waals surface area contributed by atoms with Crippen molar-refractivity contribution in [2.75, 3.05) is 5.32 Å². The molecule has 0 saturated heterocycles. The van der Waals surface area contributed by atoms with E-state index in [-0.39, 0.29) is 11.9 Å². The Hall–Kier alpha value is -4.51. The van der Waals surface area contributed by atoms with E-state index in [1.54, 1.807) is 48.7 Å². The lowest BCUT2D eigenvalue weighted by Crippen LogP contribution is -2.12. The quantitative estimate of drug-likeness (QED) is 0.194. The standard InChI is InChI=1S/C30H26N2O3/c1-20-18-27(32-29(33)24-10-6-4-7-11-24)21(2)17-26(20)31-19-23-14-15-28(22(3)16-23)35-30(34)25-12-8-5-9-13-25/h4-19H,1-3H3,(H,32,33)/b31-19+. The second-order valence-electron chi connectivity index (χ2n) is 8.31. The van der Waals surface area contributed by atoms with Crippen molar-refractivity contribution in [3.05, 3.63) is 124 Å². The van der Waals surface area contributed by atoms with Crippen LogP contribution in [0.2, 0.25) is 0 Å². The summed E-state index contributed by atoms with van der Waals surface area (Å²) in [6, 6.07) is 27.5. The van der Waals surface area contributed by atoms with Gasteiger partial charge in [0, 0.05) is 17.5 Å². The molecule has 4 aromatic rings. The summed E-state index contributed by atoms with van der Waals surface area (Å²) in [5.41, 5.74) is 6.29. The molecule has 0 saturated carbocycles. The Kier molecular flexibility index (Phi) is 7.17. The van der Waals surface area contributed by atoms with E-state index in [1.165, 1.54) is 0 Å². The Labute approximate surface area is 205 Å². The van der Waals surface area contributed by atoms with E-state index in [1.807, 2.05) is 69.3 Å². The Morgan fingerprint density at radius 2 is 1.40 bits per heavy atom. The van der Waals surface area contributed by atoms with Crippen LogP contribution in [-0.4, -0.2) is 18.1 Å². The van der Waals surface area contributed by atoms with Gasteiger partial charge in [0.25, 0.3) is 5.91 Å².